The zero-order chi connectivity index (χ0) is 15.9. The van der Waals surface area contributed by atoms with E-state index in [0.29, 0.717) is 19.0 Å². The zero-order valence-electron chi connectivity index (χ0n) is 13.3. The van der Waals surface area contributed by atoms with Crippen molar-refractivity contribution >= 4 is 11.9 Å². The predicted octanol–water partition coefficient (Wildman–Crippen LogP) is 0.964. The number of fused-ring (bicyclic) bond motifs is 1. The van der Waals surface area contributed by atoms with Crippen LogP contribution in [0.15, 0.2) is 29.3 Å². The minimum atomic E-state index is -0.238. The lowest BCUT2D eigenvalue weighted by Crippen LogP contribution is -2.44. The van der Waals surface area contributed by atoms with Crippen LogP contribution in [0, 0.1) is 5.92 Å². The molecule has 0 saturated carbocycles. The third-order valence-corrected chi connectivity index (χ3v) is 3.61. The molecule has 0 amide bonds. The monoisotopic (exact) mass is 305 g/mol. The van der Waals surface area contributed by atoms with Crippen molar-refractivity contribution in [3.63, 3.8) is 0 Å². The number of hydrogen-bond acceptors (Lipinski definition) is 4. The Morgan fingerprint density at radius 2 is 2.23 bits per heavy atom. The molecule has 120 valence electrons. The van der Waals surface area contributed by atoms with Crippen LogP contribution in [0.5, 0.6) is 5.75 Å². The minimum Gasteiger partial charge on any atom is -0.488 e. The van der Waals surface area contributed by atoms with Crippen LogP contribution < -0.4 is 15.4 Å². The van der Waals surface area contributed by atoms with E-state index in [-0.39, 0.29) is 18.0 Å². The highest BCUT2D eigenvalue weighted by Gasteiger charge is 2.22. The van der Waals surface area contributed by atoms with Gasteiger partial charge in [-0.15, -0.1) is 0 Å². The molecule has 1 aromatic carbocycles. The predicted molar refractivity (Wildman–Crippen MR) is 85.1 cm³/mol. The van der Waals surface area contributed by atoms with Crippen molar-refractivity contribution in [1.82, 2.24) is 10.6 Å². The van der Waals surface area contributed by atoms with Crippen LogP contribution in [0.2, 0.25) is 0 Å². The highest BCUT2D eigenvalue weighted by molar-refractivity contribution is 5.80. The average molecular weight is 305 g/mol. The van der Waals surface area contributed by atoms with Gasteiger partial charge in [-0.05, 0) is 11.6 Å². The van der Waals surface area contributed by atoms with Crippen molar-refractivity contribution in [1.29, 1.82) is 0 Å². The average Bonchev–Trinajstić information content (AvgIpc) is 2.96. The minimum absolute atomic E-state index is 0.0916. The number of para-hydroxylation sites is 1. The molecule has 2 unspecified atom stereocenters. The molecule has 0 aliphatic carbocycles. The summed E-state index contributed by atoms with van der Waals surface area (Å²) in [6, 6.07) is 8.07. The summed E-state index contributed by atoms with van der Waals surface area (Å²) in [5.74, 6) is 1.14. The summed E-state index contributed by atoms with van der Waals surface area (Å²) in [7, 11) is 3.09. The summed E-state index contributed by atoms with van der Waals surface area (Å²) >= 11 is 0. The molecule has 2 atom stereocenters. The second kappa shape index (κ2) is 7.68. The molecule has 0 spiro atoms. The van der Waals surface area contributed by atoms with Crippen molar-refractivity contribution in [3.8, 4) is 5.75 Å². The van der Waals surface area contributed by atoms with E-state index >= 15 is 0 Å². The fraction of sp³-hybridized carbons (Fsp3) is 0.500. The molecule has 1 aliphatic heterocycles. The molecule has 1 heterocycles. The first-order chi connectivity index (χ1) is 10.6. The molecule has 0 radical (unpaired) electrons. The lowest BCUT2D eigenvalue weighted by Gasteiger charge is -2.17. The summed E-state index contributed by atoms with van der Waals surface area (Å²) in [6.45, 7) is 2.93. The van der Waals surface area contributed by atoms with Gasteiger partial charge in [0, 0.05) is 20.0 Å². The molecule has 0 fully saturated rings. The van der Waals surface area contributed by atoms with Gasteiger partial charge in [0.2, 0.25) is 0 Å². The Morgan fingerprint density at radius 1 is 1.45 bits per heavy atom. The number of methoxy groups -OCH3 is 1. The largest absolute Gasteiger partial charge is 0.488 e. The standard InChI is InChI=1S/C16H23N3O3/c1-11(15(20)21-3)9-18-16(17-2)19-10-13-8-12-6-4-5-7-14(12)22-13/h4-7,11,13H,8-10H2,1-3H3,(H2,17,18,19). The molecule has 0 aromatic heterocycles. The molecule has 0 bridgehead atoms. The molecule has 1 aromatic rings. The second-order valence-electron chi connectivity index (χ2n) is 5.31. The highest BCUT2D eigenvalue weighted by atomic mass is 16.5. The maximum absolute atomic E-state index is 11.4. The number of nitrogens with zero attached hydrogens (tertiary/aromatic N) is 1. The van der Waals surface area contributed by atoms with Crippen LogP contribution in [0.3, 0.4) is 0 Å². The molecule has 0 saturated heterocycles. The molecule has 2 rings (SSSR count). The van der Waals surface area contributed by atoms with Crippen molar-refractivity contribution in [2.45, 2.75) is 19.4 Å². The van der Waals surface area contributed by atoms with E-state index in [2.05, 4.69) is 21.7 Å². The van der Waals surface area contributed by atoms with Crippen molar-refractivity contribution in [2.24, 2.45) is 10.9 Å². The van der Waals surface area contributed by atoms with Gasteiger partial charge in [-0.3, -0.25) is 9.79 Å². The molecular weight excluding hydrogens is 282 g/mol. The normalized spacial score (nSPS) is 18.1. The summed E-state index contributed by atoms with van der Waals surface area (Å²) < 4.78 is 10.6. The van der Waals surface area contributed by atoms with E-state index in [1.165, 1.54) is 12.7 Å². The van der Waals surface area contributed by atoms with Gasteiger partial charge in [0.15, 0.2) is 5.96 Å². The number of esters is 1. The van der Waals surface area contributed by atoms with Gasteiger partial charge >= 0.3 is 5.97 Å². The lowest BCUT2D eigenvalue weighted by atomic mass is 10.1. The number of rotatable bonds is 5. The fourth-order valence-corrected chi connectivity index (χ4v) is 2.33. The third-order valence-electron chi connectivity index (χ3n) is 3.61. The first kappa shape index (κ1) is 16.1. The zero-order valence-corrected chi connectivity index (χ0v) is 13.3. The maximum Gasteiger partial charge on any atom is 0.310 e. The molecule has 6 nitrogen and oxygen atoms in total. The summed E-state index contributed by atoms with van der Waals surface area (Å²) in [5.41, 5.74) is 1.23. The summed E-state index contributed by atoms with van der Waals surface area (Å²) in [5, 5.41) is 6.33. The Bertz CT molecular complexity index is 520. The number of hydrogen-bond donors (Lipinski definition) is 2. The number of nitrogens with one attached hydrogen (secondary N) is 2. The Labute approximate surface area is 130 Å². The Kier molecular flexibility index (Phi) is 5.63. The first-order valence-corrected chi connectivity index (χ1v) is 7.41. The summed E-state index contributed by atoms with van der Waals surface area (Å²) in [4.78, 5) is 15.5. The van der Waals surface area contributed by atoms with Crippen LogP contribution in [-0.2, 0) is 16.0 Å². The van der Waals surface area contributed by atoms with Gasteiger partial charge in [0.05, 0.1) is 19.6 Å². The molecule has 6 heteroatoms. The van der Waals surface area contributed by atoms with Gasteiger partial charge in [-0.1, -0.05) is 25.1 Å². The fourth-order valence-electron chi connectivity index (χ4n) is 2.33. The highest BCUT2D eigenvalue weighted by Crippen LogP contribution is 2.27. The van der Waals surface area contributed by atoms with Crippen LogP contribution in [0.4, 0.5) is 0 Å². The molecule has 22 heavy (non-hydrogen) atoms. The van der Waals surface area contributed by atoms with E-state index in [9.17, 15) is 4.79 Å². The van der Waals surface area contributed by atoms with Crippen LogP contribution in [-0.4, -0.2) is 45.3 Å². The van der Waals surface area contributed by atoms with E-state index < -0.39 is 0 Å². The van der Waals surface area contributed by atoms with Gasteiger partial charge < -0.3 is 20.1 Å². The number of ether oxygens (including phenoxy) is 2. The number of aliphatic imine (C=N–C) groups is 1. The van der Waals surface area contributed by atoms with E-state index in [1.54, 1.807) is 7.05 Å². The van der Waals surface area contributed by atoms with Gasteiger partial charge in [-0.2, -0.15) is 0 Å². The van der Waals surface area contributed by atoms with Crippen LogP contribution in [0.1, 0.15) is 12.5 Å². The molecule has 2 N–H and O–H groups in total. The third kappa shape index (κ3) is 4.13. The van der Waals surface area contributed by atoms with Gasteiger partial charge in [0.1, 0.15) is 11.9 Å². The first-order valence-electron chi connectivity index (χ1n) is 7.41. The summed E-state index contributed by atoms with van der Waals surface area (Å²) in [6.07, 6.45) is 0.979. The molecule has 1 aliphatic rings. The van der Waals surface area contributed by atoms with E-state index in [4.69, 9.17) is 9.47 Å². The maximum atomic E-state index is 11.4. The second-order valence-corrected chi connectivity index (χ2v) is 5.31. The van der Waals surface area contributed by atoms with Gasteiger partial charge in [-0.25, -0.2) is 0 Å². The SMILES string of the molecule is CN=C(NCC1Cc2ccccc2O1)NCC(C)C(=O)OC. The van der Waals surface area contributed by atoms with Crippen molar-refractivity contribution in [2.75, 3.05) is 27.2 Å². The van der Waals surface area contributed by atoms with E-state index in [0.717, 1.165) is 12.2 Å². The molecular formula is C16H23N3O3. The smallest absolute Gasteiger partial charge is 0.310 e. The Balaban J connectivity index is 1.75. The van der Waals surface area contributed by atoms with Crippen LogP contribution >= 0.6 is 0 Å². The topological polar surface area (TPSA) is 72.0 Å². The Morgan fingerprint density at radius 3 is 2.91 bits per heavy atom. The van der Waals surface area contributed by atoms with E-state index in [1.807, 2.05) is 25.1 Å². The Hall–Kier alpha value is -2.24. The lowest BCUT2D eigenvalue weighted by molar-refractivity contribution is -0.144. The van der Waals surface area contributed by atoms with Crippen molar-refractivity contribution < 1.29 is 14.3 Å². The number of carbonyl (C=O) groups is 1. The number of guanidine groups is 1. The number of benzene rings is 1. The van der Waals surface area contributed by atoms with Crippen molar-refractivity contribution in [3.05, 3.63) is 29.8 Å². The number of carbonyl (C=O) groups excluding carboxylic acids is 1. The van der Waals surface area contributed by atoms with Gasteiger partial charge in [0.25, 0.3) is 0 Å². The quantitative estimate of drug-likeness (QED) is 0.482. The van der Waals surface area contributed by atoms with Crippen LogP contribution in [0.25, 0.3) is 0 Å².